The number of carbonyl (C=O) groups is 2. The second kappa shape index (κ2) is 7.18. The molecule has 0 bridgehead atoms. The topological polar surface area (TPSA) is 40.6 Å². The summed E-state index contributed by atoms with van der Waals surface area (Å²) in [6.45, 7) is 6.58. The van der Waals surface area contributed by atoms with Gasteiger partial charge in [-0.3, -0.25) is 9.59 Å². The maximum absolute atomic E-state index is 13.0. The molecule has 2 amide bonds. The Balaban J connectivity index is 1.50. The van der Waals surface area contributed by atoms with Gasteiger partial charge in [0.05, 0.1) is 0 Å². The molecule has 2 heterocycles. The van der Waals surface area contributed by atoms with Gasteiger partial charge in [0.2, 0.25) is 5.91 Å². The molecule has 0 saturated carbocycles. The van der Waals surface area contributed by atoms with E-state index in [0.717, 1.165) is 31.6 Å². The third-order valence-corrected chi connectivity index (χ3v) is 5.70. The van der Waals surface area contributed by atoms with E-state index in [-0.39, 0.29) is 11.8 Å². The number of carbonyl (C=O) groups excluding carboxylic acids is 2. The summed E-state index contributed by atoms with van der Waals surface area (Å²) in [5, 5.41) is 0. The van der Waals surface area contributed by atoms with E-state index in [9.17, 15) is 9.59 Å². The highest BCUT2D eigenvalue weighted by Crippen LogP contribution is 2.26. The number of hydrogen-bond acceptors (Lipinski definition) is 2. The van der Waals surface area contributed by atoms with Crippen molar-refractivity contribution in [1.29, 1.82) is 0 Å². The summed E-state index contributed by atoms with van der Waals surface area (Å²) in [7, 11) is 0. The average molecular weight is 362 g/mol. The molecule has 0 radical (unpaired) electrons. The van der Waals surface area contributed by atoms with E-state index in [1.54, 1.807) is 4.90 Å². The Morgan fingerprint density at radius 3 is 2.41 bits per heavy atom. The Kier molecular flexibility index (Phi) is 4.73. The zero-order chi connectivity index (χ0) is 19.0. The fraction of sp³-hybridized carbons (Fsp3) is 0.391. The van der Waals surface area contributed by atoms with E-state index in [1.165, 1.54) is 16.7 Å². The van der Waals surface area contributed by atoms with Crippen LogP contribution in [0, 0.1) is 0 Å². The molecule has 2 aliphatic heterocycles. The van der Waals surface area contributed by atoms with Crippen LogP contribution in [-0.4, -0.2) is 29.8 Å². The predicted octanol–water partition coefficient (Wildman–Crippen LogP) is 4.14. The zero-order valence-electron chi connectivity index (χ0n) is 16.1. The van der Waals surface area contributed by atoms with Gasteiger partial charge in [0, 0.05) is 37.3 Å². The standard InChI is InChI=1S/C23H26N2O2/c1-16(2)19-6-5-17-11-13-24(15-20(17)14-19)23(27)18-7-9-21(10-8-18)25-12-3-4-22(25)26/h5-10,14,16H,3-4,11-13,15H2,1-2H3. The number of rotatable bonds is 3. The number of anilines is 1. The quantitative estimate of drug-likeness (QED) is 0.823. The lowest BCUT2D eigenvalue weighted by Gasteiger charge is -2.30. The minimum absolute atomic E-state index is 0.0647. The molecule has 0 unspecified atom stereocenters. The molecule has 1 saturated heterocycles. The van der Waals surface area contributed by atoms with Crippen LogP contribution in [-0.2, 0) is 17.8 Å². The molecular formula is C23H26N2O2. The van der Waals surface area contributed by atoms with Crippen molar-refractivity contribution in [2.45, 2.75) is 45.6 Å². The van der Waals surface area contributed by atoms with Crippen molar-refractivity contribution >= 4 is 17.5 Å². The Bertz CT molecular complexity index is 870. The van der Waals surface area contributed by atoms with E-state index in [4.69, 9.17) is 0 Å². The van der Waals surface area contributed by atoms with Crippen molar-refractivity contribution in [2.24, 2.45) is 0 Å². The van der Waals surface area contributed by atoms with Gasteiger partial charge in [-0.2, -0.15) is 0 Å². The third-order valence-electron chi connectivity index (χ3n) is 5.70. The molecule has 0 N–H and O–H groups in total. The summed E-state index contributed by atoms with van der Waals surface area (Å²) < 4.78 is 0. The lowest BCUT2D eigenvalue weighted by molar-refractivity contribution is -0.117. The molecule has 0 spiro atoms. The van der Waals surface area contributed by atoms with Crippen LogP contribution in [0.15, 0.2) is 42.5 Å². The van der Waals surface area contributed by atoms with Gasteiger partial charge in [-0.25, -0.2) is 0 Å². The van der Waals surface area contributed by atoms with Gasteiger partial charge < -0.3 is 9.80 Å². The average Bonchev–Trinajstić information content (AvgIpc) is 3.12. The summed E-state index contributed by atoms with van der Waals surface area (Å²) in [5.41, 5.74) is 5.52. The lowest BCUT2D eigenvalue weighted by atomic mass is 9.93. The van der Waals surface area contributed by atoms with Crippen LogP contribution >= 0.6 is 0 Å². The van der Waals surface area contributed by atoms with Crippen molar-refractivity contribution in [1.82, 2.24) is 4.90 Å². The number of nitrogens with zero attached hydrogens (tertiary/aromatic N) is 2. The highest BCUT2D eigenvalue weighted by Gasteiger charge is 2.24. The van der Waals surface area contributed by atoms with Gasteiger partial charge in [0.25, 0.3) is 5.91 Å². The molecule has 2 aromatic rings. The highest BCUT2D eigenvalue weighted by molar-refractivity contribution is 5.97. The van der Waals surface area contributed by atoms with Gasteiger partial charge in [0.1, 0.15) is 0 Å². The molecule has 0 aliphatic carbocycles. The predicted molar refractivity (Wildman–Crippen MR) is 107 cm³/mol. The minimum atomic E-state index is 0.0647. The SMILES string of the molecule is CC(C)c1ccc2c(c1)CN(C(=O)c1ccc(N3CCCC3=O)cc1)CC2. The summed E-state index contributed by atoms with van der Waals surface area (Å²) in [6, 6.07) is 14.2. The molecule has 0 aromatic heterocycles. The molecule has 2 aromatic carbocycles. The number of fused-ring (bicyclic) bond motifs is 1. The smallest absolute Gasteiger partial charge is 0.254 e. The first-order valence-electron chi connectivity index (χ1n) is 9.84. The molecule has 0 atom stereocenters. The summed E-state index contributed by atoms with van der Waals surface area (Å²) >= 11 is 0. The Hall–Kier alpha value is -2.62. The van der Waals surface area contributed by atoms with E-state index in [2.05, 4.69) is 32.0 Å². The van der Waals surface area contributed by atoms with Crippen LogP contribution in [0.1, 0.15) is 59.7 Å². The van der Waals surface area contributed by atoms with Gasteiger partial charge in [-0.15, -0.1) is 0 Å². The fourth-order valence-corrected chi connectivity index (χ4v) is 4.00. The van der Waals surface area contributed by atoms with Crippen molar-refractivity contribution in [2.75, 3.05) is 18.0 Å². The van der Waals surface area contributed by atoms with E-state index in [0.29, 0.717) is 24.4 Å². The van der Waals surface area contributed by atoms with Crippen LogP contribution in [0.5, 0.6) is 0 Å². The first-order chi connectivity index (χ1) is 13.0. The highest BCUT2D eigenvalue weighted by atomic mass is 16.2. The minimum Gasteiger partial charge on any atom is -0.334 e. The second-order valence-electron chi connectivity index (χ2n) is 7.86. The van der Waals surface area contributed by atoms with Crippen molar-refractivity contribution < 1.29 is 9.59 Å². The number of hydrogen-bond donors (Lipinski definition) is 0. The second-order valence-corrected chi connectivity index (χ2v) is 7.86. The maximum Gasteiger partial charge on any atom is 0.254 e. The maximum atomic E-state index is 13.0. The van der Waals surface area contributed by atoms with Crippen molar-refractivity contribution in [3.63, 3.8) is 0 Å². The van der Waals surface area contributed by atoms with E-state index in [1.807, 2.05) is 29.2 Å². The monoisotopic (exact) mass is 362 g/mol. The van der Waals surface area contributed by atoms with Gasteiger partial charge in [0.15, 0.2) is 0 Å². The number of benzene rings is 2. The normalized spacial score (nSPS) is 16.8. The molecule has 4 nitrogen and oxygen atoms in total. The molecular weight excluding hydrogens is 336 g/mol. The lowest BCUT2D eigenvalue weighted by Crippen LogP contribution is -2.36. The molecule has 2 aliphatic rings. The summed E-state index contributed by atoms with van der Waals surface area (Å²) in [4.78, 5) is 28.6. The van der Waals surface area contributed by atoms with Crippen LogP contribution in [0.2, 0.25) is 0 Å². The van der Waals surface area contributed by atoms with E-state index >= 15 is 0 Å². The first kappa shape index (κ1) is 17.8. The molecule has 1 fully saturated rings. The zero-order valence-corrected chi connectivity index (χ0v) is 16.1. The summed E-state index contributed by atoms with van der Waals surface area (Å²) in [6.07, 6.45) is 2.43. The van der Waals surface area contributed by atoms with Crippen molar-refractivity contribution in [3.8, 4) is 0 Å². The Morgan fingerprint density at radius 2 is 1.74 bits per heavy atom. The largest absolute Gasteiger partial charge is 0.334 e. The molecule has 4 rings (SSSR count). The molecule has 140 valence electrons. The summed E-state index contributed by atoms with van der Waals surface area (Å²) in [5.74, 6) is 0.722. The Morgan fingerprint density at radius 1 is 0.963 bits per heavy atom. The van der Waals surface area contributed by atoms with Gasteiger partial charge in [-0.1, -0.05) is 32.0 Å². The van der Waals surface area contributed by atoms with Crippen molar-refractivity contribution in [3.05, 3.63) is 64.7 Å². The third kappa shape index (κ3) is 3.48. The fourth-order valence-electron chi connectivity index (χ4n) is 4.00. The molecule has 4 heteroatoms. The van der Waals surface area contributed by atoms with Crippen LogP contribution in [0.4, 0.5) is 5.69 Å². The van der Waals surface area contributed by atoms with Crippen LogP contribution in [0.3, 0.4) is 0 Å². The van der Waals surface area contributed by atoms with Crippen LogP contribution < -0.4 is 4.90 Å². The first-order valence-corrected chi connectivity index (χ1v) is 9.84. The number of amides is 2. The van der Waals surface area contributed by atoms with Gasteiger partial charge in [-0.05, 0) is 59.7 Å². The molecule has 27 heavy (non-hydrogen) atoms. The van der Waals surface area contributed by atoms with Crippen LogP contribution in [0.25, 0.3) is 0 Å². The van der Waals surface area contributed by atoms with Gasteiger partial charge >= 0.3 is 0 Å². The van der Waals surface area contributed by atoms with E-state index < -0.39 is 0 Å². The Labute approximate surface area is 160 Å².